The molecule has 0 radical (unpaired) electrons. The zero-order valence-corrected chi connectivity index (χ0v) is 10.6. The van der Waals surface area contributed by atoms with Gasteiger partial charge < -0.3 is 10.5 Å². The van der Waals surface area contributed by atoms with E-state index < -0.39 is 0 Å². The van der Waals surface area contributed by atoms with Gasteiger partial charge >= 0.3 is 0 Å². The number of nitrogens with zero attached hydrogens (tertiary/aromatic N) is 1. The smallest absolute Gasteiger partial charge is 0.0710 e. The van der Waals surface area contributed by atoms with Gasteiger partial charge in [0.05, 0.1) is 6.10 Å². The van der Waals surface area contributed by atoms with Gasteiger partial charge in [0.25, 0.3) is 0 Å². The Labute approximate surface area is 94.0 Å². The third kappa shape index (κ3) is 3.16. The second-order valence-corrected chi connectivity index (χ2v) is 5.39. The molecule has 0 aromatic rings. The minimum atomic E-state index is 0.154. The molecule has 3 heteroatoms. The maximum absolute atomic E-state index is 5.94. The monoisotopic (exact) mass is 214 g/mol. The van der Waals surface area contributed by atoms with Gasteiger partial charge in [-0.2, -0.15) is 0 Å². The fourth-order valence-corrected chi connectivity index (χ4v) is 2.63. The first-order chi connectivity index (χ1) is 7.01. The molecule has 0 amide bonds. The summed E-state index contributed by atoms with van der Waals surface area (Å²) in [6.45, 7) is 9.71. The van der Waals surface area contributed by atoms with Gasteiger partial charge in [-0.3, -0.25) is 4.90 Å². The predicted octanol–water partition coefficient (Wildman–Crippen LogP) is 1.47. The first kappa shape index (κ1) is 12.9. The summed E-state index contributed by atoms with van der Waals surface area (Å²) in [6, 6.07) is 0. The number of ether oxygens (including phenoxy) is 1. The van der Waals surface area contributed by atoms with E-state index in [0.29, 0.717) is 12.0 Å². The number of methoxy groups -OCH3 is 1. The third-order valence-electron chi connectivity index (χ3n) is 3.53. The summed E-state index contributed by atoms with van der Waals surface area (Å²) in [5.74, 6) is 0.695. The summed E-state index contributed by atoms with van der Waals surface area (Å²) < 4.78 is 5.40. The van der Waals surface area contributed by atoms with E-state index in [1.165, 1.54) is 6.42 Å². The van der Waals surface area contributed by atoms with Crippen molar-refractivity contribution in [2.45, 2.75) is 45.3 Å². The first-order valence-corrected chi connectivity index (χ1v) is 5.99. The van der Waals surface area contributed by atoms with Gasteiger partial charge in [-0.1, -0.05) is 13.8 Å². The van der Waals surface area contributed by atoms with Crippen molar-refractivity contribution < 1.29 is 4.74 Å². The second-order valence-electron chi connectivity index (χ2n) is 5.39. The zero-order valence-electron chi connectivity index (χ0n) is 10.6. The Balaban J connectivity index is 2.58. The number of hydrogen-bond donors (Lipinski definition) is 1. The molecule has 0 spiro atoms. The summed E-state index contributed by atoms with van der Waals surface area (Å²) in [6.07, 6.45) is 2.72. The minimum Gasteiger partial charge on any atom is -0.380 e. The summed E-state index contributed by atoms with van der Waals surface area (Å²) in [5.41, 5.74) is 6.09. The Morgan fingerprint density at radius 1 is 1.53 bits per heavy atom. The quantitative estimate of drug-likeness (QED) is 0.753. The highest BCUT2D eigenvalue weighted by atomic mass is 16.5. The van der Waals surface area contributed by atoms with Crippen molar-refractivity contribution in [2.24, 2.45) is 11.7 Å². The molecular formula is C12H26N2O. The van der Waals surface area contributed by atoms with Crippen LogP contribution >= 0.6 is 0 Å². The lowest BCUT2D eigenvalue weighted by Gasteiger charge is -2.39. The lowest BCUT2D eigenvalue weighted by atomic mass is 9.89. The Kier molecular flexibility index (Phi) is 4.56. The first-order valence-electron chi connectivity index (χ1n) is 5.99. The molecule has 0 aliphatic carbocycles. The van der Waals surface area contributed by atoms with Crippen molar-refractivity contribution in [3.8, 4) is 0 Å². The molecule has 1 rings (SSSR count). The fraction of sp³-hybridized carbons (Fsp3) is 1.00. The maximum atomic E-state index is 5.94. The fourth-order valence-electron chi connectivity index (χ4n) is 2.63. The van der Waals surface area contributed by atoms with Crippen LogP contribution in [0.15, 0.2) is 0 Å². The average molecular weight is 214 g/mol. The van der Waals surface area contributed by atoms with E-state index in [4.69, 9.17) is 10.5 Å². The number of rotatable bonds is 5. The molecule has 1 aliphatic heterocycles. The topological polar surface area (TPSA) is 38.5 Å². The number of nitrogens with two attached hydrogens (primary N) is 1. The minimum absolute atomic E-state index is 0.154. The molecule has 0 bridgehead atoms. The normalized spacial score (nSPS) is 27.2. The maximum Gasteiger partial charge on any atom is 0.0710 e. The molecule has 0 aromatic carbocycles. The van der Waals surface area contributed by atoms with Crippen LogP contribution in [0.4, 0.5) is 0 Å². The highest BCUT2D eigenvalue weighted by Crippen LogP contribution is 2.27. The van der Waals surface area contributed by atoms with E-state index >= 15 is 0 Å². The molecule has 2 atom stereocenters. The largest absolute Gasteiger partial charge is 0.380 e. The van der Waals surface area contributed by atoms with Crippen molar-refractivity contribution in [1.29, 1.82) is 0 Å². The van der Waals surface area contributed by atoms with Gasteiger partial charge in [-0.15, -0.1) is 0 Å². The Bertz CT molecular complexity index is 196. The summed E-state index contributed by atoms with van der Waals surface area (Å²) in [4.78, 5) is 2.50. The Morgan fingerprint density at radius 3 is 2.60 bits per heavy atom. The van der Waals surface area contributed by atoms with Crippen molar-refractivity contribution in [3.63, 3.8) is 0 Å². The van der Waals surface area contributed by atoms with Crippen LogP contribution in [0.2, 0.25) is 0 Å². The van der Waals surface area contributed by atoms with E-state index in [1.807, 2.05) is 0 Å². The molecule has 0 saturated carbocycles. The SMILES string of the molecule is COC1CCN(C(C)(CN)CC(C)C)C1. The molecule has 2 unspecified atom stereocenters. The van der Waals surface area contributed by atoms with E-state index in [-0.39, 0.29) is 5.54 Å². The van der Waals surface area contributed by atoms with Gasteiger partial charge in [-0.05, 0) is 25.7 Å². The molecule has 3 nitrogen and oxygen atoms in total. The van der Waals surface area contributed by atoms with E-state index in [9.17, 15) is 0 Å². The van der Waals surface area contributed by atoms with Gasteiger partial charge in [0.1, 0.15) is 0 Å². The number of hydrogen-bond acceptors (Lipinski definition) is 3. The van der Waals surface area contributed by atoms with Gasteiger partial charge in [0, 0.05) is 32.3 Å². The molecule has 1 aliphatic rings. The second kappa shape index (κ2) is 5.28. The molecule has 1 fully saturated rings. The lowest BCUT2D eigenvalue weighted by molar-refractivity contribution is 0.0711. The summed E-state index contributed by atoms with van der Waals surface area (Å²) in [7, 11) is 1.80. The molecule has 90 valence electrons. The van der Waals surface area contributed by atoms with Gasteiger partial charge in [0.2, 0.25) is 0 Å². The van der Waals surface area contributed by atoms with Crippen LogP contribution in [0.5, 0.6) is 0 Å². The van der Waals surface area contributed by atoms with Crippen LogP contribution in [0.3, 0.4) is 0 Å². The van der Waals surface area contributed by atoms with E-state index in [2.05, 4.69) is 25.7 Å². The number of likely N-dealkylation sites (tertiary alicyclic amines) is 1. The molecule has 1 saturated heterocycles. The van der Waals surface area contributed by atoms with Crippen molar-refractivity contribution in [2.75, 3.05) is 26.7 Å². The van der Waals surface area contributed by atoms with Crippen molar-refractivity contribution in [1.82, 2.24) is 4.90 Å². The van der Waals surface area contributed by atoms with Crippen LogP contribution in [-0.4, -0.2) is 43.3 Å². The zero-order chi connectivity index (χ0) is 11.5. The molecule has 0 aromatic heterocycles. The van der Waals surface area contributed by atoms with Crippen LogP contribution in [0.25, 0.3) is 0 Å². The molecule has 1 heterocycles. The summed E-state index contributed by atoms with van der Waals surface area (Å²) >= 11 is 0. The van der Waals surface area contributed by atoms with Crippen LogP contribution in [0, 0.1) is 5.92 Å². The van der Waals surface area contributed by atoms with Crippen LogP contribution < -0.4 is 5.73 Å². The lowest BCUT2D eigenvalue weighted by Crippen LogP contribution is -2.51. The molecule has 15 heavy (non-hydrogen) atoms. The Morgan fingerprint density at radius 2 is 2.20 bits per heavy atom. The van der Waals surface area contributed by atoms with E-state index in [1.54, 1.807) is 7.11 Å². The van der Waals surface area contributed by atoms with Crippen molar-refractivity contribution >= 4 is 0 Å². The van der Waals surface area contributed by atoms with Gasteiger partial charge in [-0.25, -0.2) is 0 Å². The van der Waals surface area contributed by atoms with Crippen molar-refractivity contribution in [3.05, 3.63) is 0 Å². The Hall–Kier alpha value is -0.120. The van der Waals surface area contributed by atoms with Crippen LogP contribution in [0.1, 0.15) is 33.6 Å². The molecule has 2 N–H and O–H groups in total. The molecular weight excluding hydrogens is 188 g/mol. The van der Waals surface area contributed by atoms with Gasteiger partial charge in [0.15, 0.2) is 0 Å². The average Bonchev–Trinajstić information content (AvgIpc) is 2.65. The summed E-state index contributed by atoms with van der Waals surface area (Å²) in [5, 5.41) is 0. The van der Waals surface area contributed by atoms with Crippen LogP contribution in [-0.2, 0) is 4.74 Å². The third-order valence-corrected chi connectivity index (χ3v) is 3.53. The highest BCUT2D eigenvalue weighted by Gasteiger charge is 2.36. The highest BCUT2D eigenvalue weighted by molar-refractivity contribution is 4.93. The standard InChI is InChI=1S/C12H26N2O/c1-10(2)7-12(3,9-13)14-6-5-11(8-14)15-4/h10-11H,5-9,13H2,1-4H3. The predicted molar refractivity (Wildman–Crippen MR) is 63.9 cm³/mol. The van der Waals surface area contributed by atoms with E-state index in [0.717, 1.165) is 26.1 Å².